The molecule has 116 valence electrons. The lowest BCUT2D eigenvalue weighted by Gasteiger charge is -2.55. The van der Waals surface area contributed by atoms with E-state index >= 15 is 0 Å². The van der Waals surface area contributed by atoms with Gasteiger partial charge >= 0.3 is 0 Å². The third-order valence-corrected chi connectivity index (χ3v) is 5.72. The predicted molar refractivity (Wildman–Crippen MR) is 88.5 cm³/mol. The fraction of sp³-hybridized carbons (Fsp3) is 0.647. The molecule has 2 nitrogen and oxygen atoms in total. The van der Waals surface area contributed by atoms with E-state index in [0.29, 0.717) is 21.5 Å². The number of rotatable bonds is 3. The maximum absolute atomic E-state index is 6.28. The van der Waals surface area contributed by atoms with Gasteiger partial charge in [-0.25, -0.2) is 0 Å². The van der Waals surface area contributed by atoms with Crippen molar-refractivity contribution in [1.29, 1.82) is 0 Å². The maximum Gasteiger partial charge on any atom is 0.122 e. The number of ether oxygens (including phenoxy) is 1. The zero-order valence-electron chi connectivity index (χ0n) is 12.5. The Labute approximate surface area is 137 Å². The normalized spacial score (nSPS) is 28.0. The van der Waals surface area contributed by atoms with Crippen molar-refractivity contribution in [2.24, 2.45) is 5.41 Å². The van der Waals surface area contributed by atoms with Gasteiger partial charge in [0.25, 0.3) is 0 Å². The third-order valence-electron chi connectivity index (χ3n) is 5.28. The lowest BCUT2D eigenvalue weighted by Crippen LogP contribution is -2.64. The molecule has 21 heavy (non-hydrogen) atoms. The van der Waals surface area contributed by atoms with Crippen LogP contribution in [0, 0.1) is 5.41 Å². The molecule has 0 saturated heterocycles. The highest BCUT2D eigenvalue weighted by Gasteiger charge is 2.55. The Morgan fingerprint density at radius 1 is 1.05 bits per heavy atom. The van der Waals surface area contributed by atoms with E-state index in [1.165, 1.54) is 38.5 Å². The molecular formula is C17H23Cl2NO. The van der Waals surface area contributed by atoms with Crippen LogP contribution in [0.5, 0.6) is 5.75 Å². The minimum atomic E-state index is 0.280. The minimum Gasteiger partial charge on any atom is -0.490 e. The molecule has 0 radical (unpaired) electrons. The monoisotopic (exact) mass is 327 g/mol. The van der Waals surface area contributed by atoms with Crippen LogP contribution in [-0.2, 0) is 0 Å². The van der Waals surface area contributed by atoms with Crippen molar-refractivity contribution in [3.63, 3.8) is 0 Å². The predicted octanol–water partition coefficient (Wildman–Crippen LogP) is 5.07. The first-order valence-corrected chi connectivity index (χ1v) is 8.70. The van der Waals surface area contributed by atoms with Crippen LogP contribution in [-0.4, -0.2) is 19.2 Å². The Balaban J connectivity index is 1.78. The van der Waals surface area contributed by atoms with Crippen molar-refractivity contribution < 1.29 is 4.74 Å². The van der Waals surface area contributed by atoms with E-state index in [1.54, 1.807) is 6.07 Å². The highest BCUT2D eigenvalue weighted by atomic mass is 35.5. The molecule has 1 aromatic rings. The lowest BCUT2D eigenvalue weighted by atomic mass is 9.58. The van der Waals surface area contributed by atoms with E-state index < -0.39 is 0 Å². The van der Waals surface area contributed by atoms with Gasteiger partial charge in [-0.05, 0) is 38.1 Å². The van der Waals surface area contributed by atoms with Crippen molar-refractivity contribution in [3.8, 4) is 5.75 Å². The molecular weight excluding hydrogens is 305 g/mol. The number of hydrogen-bond donors (Lipinski definition) is 1. The number of benzene rings is 1. The van der Waals surface area contributed by atoms with Crippen LogP contribution in [0.15, 0.2) is 18.2 Å². The second kappa shape index (κ2) is 6.36. The minimum absolute atomic E-state index is 0.280. The molecule has 1 N–H and O–H groups in total. The molecule has 2 saturated carbocycles. The fourth-order valence-corrected chi connectivity index (χ4v) is 4.64. The van der Waals surface area contributed by atoms with E-state index in [4.69, 9.17) is 27.9 Å². The van der Waals surface area contributed by atoms with Gasteiger partial charge in [-0.1, -0.05) is 48.9 Å². The first-order valence-electron chi connectivity index (χ1n) is 7.94. The second-order valence-corrected chi connectivity index (χ2v) is 7.31. The smallest absolute Gasteiger partial charge is 0.122 e. The molecule has 0 aromatic heterocycles. The molecule has 2 aliphatic carbocycles. The van der Waals surface area contributed by atoms with Gasteiger partial charge in [-0.15, -0.1) is 0 Å². The average molecular weight is 328 g/mol. The molecule has 0 heterocycles. The first-order chi connectivity index (χ1) is 10.1. The summed E-state index contributed by atoms with van der Waals surface area (Å²) in [4.78, 5) is 0. The van der Waals surface area contributed by atoms with Gasteiger partial charge in [-0.3, -0.25) is 0 Å². The summed E-state index contributed by atoms with van der Waals surface area (Å²) in [5.74, 6) is 0.802. The Hall–Kier alpha value is -0.440. The molecule has 4 heteroatoms. The van der Waals surface area contributed by atoms with Gasteiger partial charge in [0.2, 0.25) is 0 Å². The summed E-state index contributed by atoms with van der Waals surface area (Å²) in [6.07, 6.45) is 9.21. The lowest BCUT2D eigenvalue weighted by molar-refractivity contribution is -0.0881. The fourth-order valence-electron chi connectivity index (χ4n) is 4.14. The molecule has 3 rings (SSSR count). The summed E-state index contributed by atoms with van der Waals surface area (Å²) in [7, 11) is 2.07. The number of hydrogen-bond acceptors (Lipinski definition) is 2. The van der Waals surface area contributed by atoms with Crippen LogP contribution in [0.2, 0.25) is 10.0 Å². The standard InChI is InChI=1S/C17H23Cl2NO/c1-20-15-11-16(17(15)6-4-2-3-5-7-17)21-14-9-12(18)8-13(19)10-14/h8-10,15-16,20H,2-7,11H2,1H3. The molecule has 2 atom stereocenters. The molecule has 2 aliphatic rings. The Bertz CT molecular complexity index is 477. The van der Waals surface area contributed by atoms with E-state index in [0.717, 1.165) is 12.2 Å². The quantitative estimate of drug-likeness (QED) is 0.836. The van der Waals surface area contributed by atoms with Gasteiger partial charge in [0.15, 0.2) is 0 Å². The van der Waals surface area contributed by atoms with Crippen LogP contribution < -0.4 is 10.1 Å². The molecule has 0 aliphatic heterocycles. The Kier molecular flexibility index (Phi) is 4.68. The largest absolute Gasteiger partial charge is 0.490 e. The van der Waals surface area contributed by atoms with Crippen molar-refractivity contribution in [1.82, 2.24) is 5.32 Å². The summed E-state index contributed by atoms with van der Waals surface area (Å²) >= 11 is 12.2. The van der Waals surface area contributed by atoms with E-state index in [2.05, 4.69) is 12.4 Å². The summed E-state index contributed by atoms with van der Waals surface area (Å²) in [5.41, 5.74) is 0.292. The van der Waals surface area contributed by atoms with E-state index in [1.807, 2.05) is 12.1 Å². The van der Waals surface area contributed by atoms with Crippen molar-refractivity contribution in [2.75, 3.05) is 7.05 Å². The topological polar surface area (TPSA) is 21.3 Å². The van der Waals surface area contributed by atoms with Crippen molar-refractivity contribution in [2.45, 2.75) is 57.1 Å². The maximum atomic E-state index is 6.28. The summed E-state index contributed by atoms with van der Waals surface area (Å²) in [6.45, 7) is 0. The second-order valence-electron chi connectivity index (χ2n) is 6.44. The van der Waals surface area contributed by atoms with Crippen LogP contribution in [0.1, 0.15) is 44.9 Å². The van der Waals surface area contributed by atoms with Crippen LogP contribution in [0.25, 0.3) is 0 Å². The van der Waals surface area contributed by atoms with Gasteiger partial charge in [0.05, 0.1) is 0 Å². The van der Waals surface area contributed by atoms with Gasteiger partial charge in [0.1, 0.15) is 11.9 Å². The molecule has 2 fully saturated rings. The van der Waals surface area contributed by atoms with E-state index in [9.17, 15) is 0 Å². The third kappa shape index (κ3) is 3.04. The van der Waals surface area contributed by atoms with Crippen molar-refractivity contribution in [3.05, 3.63) is 28.2 Å². The van der Waals surface area contributed by atoms with Crippen LogP contribution >= 0.6 is 23.2 Å². The Morgan fingerprint density at radius 3 is 2.24 bits per heavy atom. The average Bonchev–Trinajstić information content (AvgIpc) is 2.69. The molecule has 2 unspecified atom stereocenters. The van der Waals surface area contributed by atoms with E-state index in [-0.39, 0.29) is 6.10 Å². The Morgan fingerprint density at radius 2 is 1.67 bits per heavy atom. The highest BCUT2D eigenvalue weighted by Crippen LogP contribution is 2.52. The SMILES string of the molecule is CNC1CC(Oc2cc(Cl)cc(Cl)c2)C12CCCCCC2. The molecule has 1 aromatic carbocycles. The van der Waals surface area contributed by atoms with Crippen LogP contribution in [0.3, 0.4) is 0 Å². The molecule has 1 spiro atoms. The first kappa shape index (κ1) is 15.5. The zero-order chi connectivity index (χ0) is 14.9. The molecule has 0 amide bonds. The summed E-state index contributed by atoms with van der Waals surface area (Å²) in [6, 6.07) is 6.05. The summed E-state index contributed by atoms with van der Waals surface area (Å²) < 4.78 is 6.28. The highest BCUT2D eigenvalue weighted by molar-refractivity contribution is 6.34. The summed E-state index contributed by atoms with van der Waals surface area (Å²) in [5, 5.41) is 4.77. The number of halogens is 2. The van der Waals surface area contributed by atoms with Gasteiger partial charge in [0, 0.05) is 27.9 Å². The van der Waals surface area contributed by atoms with Gasteiger partial charge in [-0.2, -0.15) is 0 Å². The number of nitrogens with one attached hydrogen (secondary N) is 1. The van der Waals surface area contributed by atoms with Gasteiger partial charge < -0.3 is 10.1 Å². The molecule has 0 bridgehead atoms. The van der Waals surface area contributed by atoms with Crippen molar-refractivity contribution >= 4 is 23.2 Å². The van der Waals surface area contributed by atoms with Crippen LogP contribution in [0.4, 0.5) is 0 Å². The zero-order valence-corrected chi connectivity index (χ0v) is 14.0.